The van der Waals surface area contributed by atoms with Gasteiger partial charge in [0.25, 0.3) is 5.89 Å². The highest BCUT2D eigenvalue weighted by atomic mass is 35.5. The summed E-state index contributed by atoms with van der Waals surface area (Å²) >= 11 is 6.18. The third-order valence-electron chi connectivity index (χ3n) is 4.08. The van der Waals surface area contributed by atoms with Gasteiger partial charge in [-0.25, -0.2) is 0 Å². The lowest BCUT2D eigenvalue weighted by Crippen LogP contribution is -2.44. The Balaban J connectivity index is 0.00000156. The molecular formula is C15H15Cl2N5O. The van der Waals surface area contributed by atoms with Crippen LogP contribution in [-0.4, -0.2) is 20.3 Å². The van der Waals surface area contributed by atoms with Crippen LogP contribution in [0.15, 0.2) is 34.9 Å². The number of H-pyrrole nitrogens is 1. The van der Waals surface area contributed by atoms with Crippen molar-refractivity contribution >= 4 is 24.0 Å². The lowest BCUT2D eigenvalue weighted by Gasteiger charge is -2.34. The molecule has 1 saturated carbocycles. The molecule has 0 unspecified atom stereocenters. The van der Waals surface area contributed by atoms with E-state index in [1.54, 1.807) is 0 Å². The Morgan fingerprint density at radius 2 is 2.04 bits per heavy atom. The minimum atomic E-state index is -0.437. The predicted octanol–water partition coefficient (Wildman–Crippen LogP) is 3.54. The van der Waals surface area contributed by atoms with Crippen LogP contribution in [0.1, 0.15) is 25.1 Å². The molecule has 3 aromatic rings. The Labute approximate surface area is 143 Å². The van der Waals surface area contributed by atoms with Gasteiger partial charge in [0.15, 0.2) is 5.82 Å². The highest BCUT2D eigenvalue weighted by Crippen LogP contribution is 2.37. The Morgan fingerprint density at radius 3 is 2.74 bits per heavy atom. The standard InChI is InChI=1S/C15H14ClN5O.ClH/c16-10-5-2-1-4-9(10)11-8-12(20-19-11)13-18-14(21-22-13)15(17)6-3-7-15;/h1-2,4-5,8H,3,6-7,17H2,(H,19,20);1H. The topological polar surface area (TPSA) is 93.6 Å². The van der Waals surface area contributed by atoms with Crippen molar-refractivity contribution in [3.63, 3.8) is 0 Å². The molecule has 1 aliphatic rings. The molecule has 8 heteroatoms. The second-order valence-electron chi connectivity index (χ2n) is 5.58. The van der Waals surface area contributed by atoms with Crippen molar-refractivity contribution < 1.29 is 4.52 Å². The van der Waals surface area contributed by atoms with Gasteiger partial charge in [0, 0.05) is 5.56 Å². The number of aromatic amines is 1. The zero-order valence-electron chi connectivity index (χ0n) is 12.1. The molecule has 0 saturated heterocycles. The summed E-state index contributed by atoms with van der Waals surface area (Å²) in [5, 5.41) is 11.8. The maximum Gasteiger partial charge on any atom is 0.276 e. The lowest BCUT2D eigenvalue weighted by atomic mass is 9.77. The molecule has 0 atom stereocenters. The number of nitrogens with zero attached hydrogens (tertiary/aromatic N) is 3. The van der Waals surface area contributed by atoms with Crippen LogP contribution in [0, 0.1) is 0 Å². The van der Waals surface area contributed by atoms with Gasteiger partial charge in [0.05, 0.1) is 16.3 Å². The van der Waals surface area contributed by atoms with E-state index in [1.807, 2.05) is 30.3 Å². The average Bonchev–Trinajstić information content (AvgIpc) is 3.14. The first-order valence-electron chi connectivity index (χ1n) is 7.09. The number of rotatable bonds is 3. The van der Waals surface area contributed by atoms with E-state index >= 15 is 0 Å². The molecule has 0 bridgehead atoms. The van der Waals surface area contributed by atoms with Crippen LogP contribution in [-0.2, 0) is 5.54 Å². The minimum absolute atomic E-state index is 0. The van der Waals surface area contributed by atoms with Crippen LogP contribution >= 0.6 is 24.0 Å². The molecule has 2 heterocycles. The van der Waals surface area contributed by atoms with E-state index in [0.29, 0.717) is 22.4 Å². The average molecular weight is 352 g/mol. The van der Waals surface area contributed by atoms with E-state index in [9.17, 15) is 0 Å². The highest BCUT2D eigenvalue weighted by Gasteiger charge is 2.39. The molecule has 3 N–H and O–H groups in total. The summed E-state index contributed by atoms with van der Waals surface area (Å²) in [7, 11) is 0. The quantitative estimate of drug-likeness (QED) is 0.752. The number of benzene rings is 1. The van der Waals surface area contributed by atoms with Gasteiger partial charge in [-0.3, -0.25) is 5.10 Å². The summed E-state index contributed by atoms with van der Waals surface area (Å²) in [6, 6.07) is 9.36. The van der Waals surface area contributed by atoms with E-state index in [0.717, 1.165) is 30.5 Å². The minimum Gasteiger partial charge on any atom is -0.332 e. The first-order chi connectivity index (χ1) is 10.7. The Kier molecular flexibility index (Phi) is 4.14. The monoisotopic (exact) mass is 351 g/mol. The van der Waals surface area contributed by atoms with Crippen LogP contribution in [0.2, 0.25) is 5.02 Å². The van der Waals surface area contributed by atoms with Gasteiger partial charge in [-0.05, 0) is 31.4 Å². The second-order valence-corrected chi connectivity index (χ2v) is 5.99. The fourth-order valence-electron chi connectivity index (χ4n) is 2.55. The summed E-state index contributed by atoms with van der Waals surface area (Å²) in [5.41, 5.74) is 7.99. The molecule has 6 nitrogen and oxygen atoms in total. The lowest BCUT2D eigenvalue weighted by molar-refractivity contribution is 0.229. The van der Waals surface area contributed by atoms with Gasteiger partial charge in [0.1, 0.15) is 5.69 Å². The molecule has 23 heavy (non-hydrogen) atoms. The molecular weight excluding hydrogens is 337 g/mol. The number of aromatic nitrogens is 4. The molecule has 0 radical (unpaired) electrons. The molecule has 1 fully saturated rings. The Hall–Kier alpha value is -1.89. The summed E-state index contributed by atoms with van der Waals surface area (Å²) in [4.78, 5) is 4.40. The zero-order valence-corrected chi connectivity index (χ0v) is 13.7. The third-order valence-corrected chi connectivity index (χ3v) is 4.40. The van der Waals surface area contributed by atoms with Crippen LogP contribution < -0.4 is 5.73 Å². The molecule has 0 spiro atoms. The van der Waals surface area contributed by atoms with Gasteiger partial charge in [-0.15, -0.1) is 12.4 Å². The number of nitrogens with two attached hydrogens (primary N) is 1. The predicted molar refractivity (Wildman–Crippen MR) is 89.3 cm³/mol. The highest BCUT2D eigenvalue weighted by molar-refractivity contribution is 6.33. The molecule has 120 valence electrons. The summed E-state index contributed by atoms with van der Waals surface area (Å²) < 4.78 is 5.31. The van der Waals surface area contributed by atoms with Crippen molar-refractivity contribution in [3.05, 3.63) is 41.2 Å². The zero-order chi connectivity index (χ0) is 15.2. The molecule has 0 aliphatic heterocycles. The fraction of sp³-hybridized carbons (Fsp3) is 0.267. The smallest absolute Gasteiger partial charge is 0.276 e. The summed E-state index contributed by atoms with van der Waals surface area (Å²) in [6.45, 7) is 0. The van der Waals surface area contributed by atoms with Gasteiger partial charge in [-0.2, -0.15) is 10.1 Å². The largest absolute Gasteiger partial charge is 0.332 e. The van der Waals surface area contributed by atoms with Crippen molar-refractivity contribution in [1.82, 2.24) is 20.3 Å². The maximum atomic E-state index is 6.20. The SMILES string of the molecule is Cl.NC1(c2noc(-c3cc(-c4ccccc4Cl)n[nH]3)n2)CCC1. The summed E-state index contributed by atoms with van der Waals surface area (Å²) in [5.74, 6) is 0.945. The maximum absolute atomic E-state index is 6.20. The van der Waals surface area contributed by atoms with Gasteiger partial charge in [-0.1, -0.05) is 35.0 Å². The van der Waals surface area contributed by atoms with E-state index in [4.69, 9.17) is 21.9 Å². The summed E-state index contributed by atoms with van der Waals surface area (Å²) in [6.07, 6.45) is 2.88. The van der Waals surface area contributed by atoms with E-state index in [2.05, 4.69) is 20.3 Å². The van der Waals surface area contributed by atoms with Crippen molar-refractivity contribution in [2.24, 2.45) is 5.73 Å². The third kappa shape index (κ3) is 2.73. The first kappa shape index (κ1) is 16.0. The van der Waals surface area contributed by atoms with Gasteiger partial charge >= 0.3 is 0 Å². The molecule has 1 aromatic carbocycles. The number of hydrogen-bond acceptors (Lipinski definition) is 5. The first-order valence-corrected chi connectivity index (χ1v) is 7.47. The molecule has 0 amide bonds. The van der Waals surface area contributed by atoms with Crippen molar-refractivity contribution in [2.75, 3.05) is 0 Å². The number of nitrogens with one attached hydrogen (secondary N) is 1. The van der Waals surface area contributed by atoms with Gasteiger partial charge in [0.2, 0.25) is 0 Å². The number of halogens is 2. The second kappa shape index (κ2) is 5.96. The van der Waals surface area contributed by atoms with Gasteiger partial charge < -0.3 is 10.3 Å². The van der Waals surface area contributed by atoms with E-state index in [-0.39, 0.29) is 12.4 Å². The Bertz CT molecular complexity index is 825. The van der Waals surface area contributed by atoms with Crippen LogP contribution in [0.25, 0.3) is 22.8 Å². The molecule has 4 rings (SSSR count). The number of hydrogen-bond donors (Lipinski definition) is 2. The fourth-order valence-corrected chi connectivity index (χ4v) is 2.79. The molecule has 2 aromatic heterocycles. The molecule has 1 aliphatic carbocycles. The van der Waals surface area contributed by atoms with Crippen molar-refractivity contribution in [2.45, 2.75) is 24.8 Å². The normalized spacial score (nSPS) is 15.7. The Morgan fingerprint density at radius 1 is 1.26 bits per heavy atom. The van der Waals surface area contributed by atoms with E-state index in [1.165, 1.54) is 0 Å². The van der Waals surface area contributed by atoms with Crippen molar-refractivity contribution in [3.8, 4) is 22.8 Å². The van der Waals surface area contributed by atoms with Crippen molar-refractivity contribution in [1.29, 1.82) is 0 Å². The van der Waals surface area contributed by atoms with Crippen LogP contribution in [0.3, 0.4) is 0 Å². The van der Waals surface area contributed by atoms with E-state index < -0.39 is 5.54 Å². The van der Waals surface area contributed by atoms with Crippen LogP contribution in [0.5, 0.6) is 0 Å². The van der Waals surface area contributed by atoms with Crippen LogP contribution in [0.4, 0.5) is 0 Å².